The van der Waals surface area contributed by atoms with Gasteiger partial charge in [-0.3, -0.25) is 14.6 Å². The van der Waals surface area contributed by atoms with E-state index in [-0.39, 0.29) is 11.8 Å². The third kappa shape index (κ3) is 5.54. The van der Waals surface area contributed by atoms with Crippen LogP contribution in [0.2, 0.25) is 5.02 Å². The Hall–Kier alpha value is -2.40. The summed E-state index contributed by atoms with van der Waals surface area (Å²) in [6, 6.07) is 10.9. The van der Waals surface area contributed by atoms with E-state index in [0.717, 1.165) is 44.5 Å². The van der Waals surface area contributed by atoms with Gasteiger partial charge in [-0.15, -0.1) is 0 Å². The number of amides is 2. The predicted octanol–water partition coefficient (Wildman–Crippen LogP) is 4.32. The molecule has 2 heterocycles. The molecule has 0 spiro atoms. The van der Waals surface area contributed by atoms with Crippen molar-refractivity contribution in [3.05, 3.63) is 58.9 Å². The molecule has 0 unspecified atom stereocenters. The molecule has 0 saturated carbocycles. The van der Waals surface area contributed by atoms with Gasteiger partial charge in [0.2, 0.25) is 5.91 Å². The highest BCUT2D eigenvalue weighted by atomic mass is 35.5. The maximum Gasteiger partial charge on any atom is 0.255 e. The highest BCUT2D eigenvalue weighted by Gasteiger charge is 2.20. The topological polar surface area (TPSA) is 62.3 Å². The van der Waals surface area contributed by atoms with Crippen molar-refractivity contribution >= 4 is 29.1 Å². The fourth-order valence-corrected chi connectivity index (χ4v) is 3.49. The van der Waals surface area contributed by atoms with Crippen molar-refractivity contribution < 1.29 is 9.59 Å². The molecule has 2 amide bonds. The van der Waals surface area contributed by atoms with Crippen LogP contribution in [-0.4, -0.2) is 34.8 Å². The number of anilines is 1. The number of aryl methyl sites for hydroxylation is 1. The standard InChI is InChI=1S/C21H24ClN3O2/c22-19-15-17(10-11-18(19)21(27)25-13-4-1-5-14-25)24-20(26)9-6-8-16-7-2-3-12-23-16/h2-3,7,10-12,15H,1,4-6,8-9,13-14H2,(H,24,26). The van der Waals surface area contributed by atoms with Gasteiger partial charge in [0.25, 0.3) is 5.91 Å². The molecule has 27 heavy (non-hydrogen) atoms. The normalized spacial score (nSPS) is 14.0. The Bertz CT molecular complexity index is 789. The summed E-state index contributed by atoms with van der Waals surface area (Å²) in [6.45, 7) is 1.56. The lowest BCUT2D eigenvalue weighted by atomic mass is 10.1. The number of halogens is 1. The molecule has 5 nitrogen and oxygen atoms in total. The zero-order valence-corrected chi connectivity index (χ0v) is 16.0. The van der Waals surface area contributed by atoms with Gasteiger partial charge in [-0.05, 0) is 62.4 Å². The predicted molar refractivity (Wildman–Crippen MR) is 107 cm³/mol. The van der Waals surface area contributed by atoms with Crippen molar-refractivity contribution in [2.24, 2.45) is 0 Å². The van der Waals surface area contributed by atoms with Crippen molar-refractivity contribution in [3.63, 3.8) is 0 Å². The summed E-state index contributed by atoms with van der Waals surface area (Å²) >= 11 is 6.30. The molecule has 0 bridgehead atoms. The van der Waals surface area contributed by atoms with E-state index in [1.807, 2.05) is 23.1 Å². The molecule has 1 aliphatic heterocycles. The molecular weight excluding hydrogens is 362 g/mol. The van der Waals surface area contributed by atoms with Crippen LogP contribution in [0.5, 0.6) is 0 Å². The molecule has 0 aliphatic carbocycles. The Morgan fingerprint density at radius 3 is 2.63 bits per heavy atom. The van der Waals surface area contributed by atoms with Crippen molar-refractivity contribution in [1.29, 1.82) is 0 Å². The van der Waals surface area contributed by atoms with Gasteiger partial charge in [0.05, 0.1) is 10.6 Å². The second kappa shape index (κ2) is 9.51. The molecule has 2 aromatic rings. The minimum Gasteiger partial charge on any atom is -0.339 e. The third-order valence-electron chi connectivity index (χ3n) is 4.69. The summed E-state index contributed by atoms with van der Waals surface area (Å²) < 4.78 is 0. The highest BCUT2D eigenvalue weighted by Crippen LogP contribution is 2.24. The Morgan fingerprint density at radius 2 is 1.93 bits per heavy atom. The smallest absolute Gasteiger partial charge is 0.255 e. The summed E-state index contributed by atoms with van der Waals surface area (Å²) in [5.74, 6) is -0.106. The first kappa shape index (κ1) is 19.4. The Labute approximate surface area is 164 Å². The van der Waals surface area contributed by atoms with Crippen molar-refractivity contribution in [2.45, 2.75) is 38.5 Å². The van der Waals surface area contributed by atoms with Crippen LogP contribution in [0.15, 0.2) is 42.6 Å². The first-order valence-corrected chi connectivity index (χ1v) is 9.80. The summed E-state index contributed by atoms with van der Waals surface area (Å²) in [5, 5.41) is 3.22. The van der Waals surface area contributed by atoms with Crippen LogP contribution in [0.3, 0.4) is 0 Å². The second-order valence-corrected chi connectivity index (χ2v) is 7.18. The molecule has 6 heteroatoms. The fourth-order valence-electron chi connectivity index (χ4n) is 3.23. The van der Waals surface area contributed by atoms with Crippen molar-refractivity contribution in [2.75, 3.05) is 18.4 Å². The molecule has 1 N–H and O–H groups in total. The molecular formula is C21H24ClN3O2. The first-order chi connectivity index (χ1) is 13.1. The van der Waals surface area contributed by atoms with E-state index in [2.05, 4.69) is 10.3 Å². The van der Waals surface area contributed by atoms with E-state index in [0.29, 0.717) is 22.7 Å². The van der Waals surface area contributed by atoms with Gasteiger partial charge in [0, 0.05) is 37.1 Å². The second-order valence-electron chi connectivity index (χ2n) is 6.77. The van der Waals surface area contributed by atoms with Crippen molar-refractivity contribution in [1.82, 2.24) is 9.88 Å². The van der Waals surface area contributed by atoms with E-state index in [1.165, 1.54) is 6.42 Å². The van der Waals surface area contributed by atoms with Crippen molar-refractivity contribution in [3.8, 4) is 0 Å². The monoisotopic (exact) mass is 385 g/mol. The zero-order valence-electron chi connectivity index (χ0n) is 15.3. The number of rotatable bonds is 6. The van der Waals surface area contributed by atoms with E-state index >= 15 is 0 Å². The quantitative estimate of drug-likeness (QED) is 0.805. The lowest BCUT2D eigenvalue weighted by Gasteiger charge is -2.27. The number of nitrogens with zero attached hydrogens (tertiary/aromatic N) is 2. The number of hydrogen-bond donors (Lipinski definition) is 1. The number of carbonyl (C=O) groups excluding carboxylic acids is 2. The summed E-state index contributed by atoms with van der Waals surface area (Å²) in [5.41, 5.74) is 2.08. The summed E-state index contributed by atoms with van der Waals surface area (Å²) in [6.07, 6.45) is 6.89. The van der Waals surface area contributed by atoms with Crippen LogP contribution in [0, 0.1) is 0 Å². The van der Waals surface area contributed by atoms with Crippen LogP contribution in [-0.2, 0) is 11.2 Å². The fraction of sp³-hybridized carbons (Fsp3) is 0.381. The number of benzene rings is 1. The Morgan fingerprint density at radius 1 is 1.11 bits per heavy atom. The average Bonchev–Trinajstić information content (AvgIpc) is 2.69. The Kier molecular flexibility index (Phi) is 6.82. The van der Waals surface area contributed by atoms with Gasteiger partial charge in [0.15, 0.2) is 0 Å². The minimum atomic E-state index is -0.0721. The number of piperidine rings is 1. The summed E-state index contributed by atoms with van der Waals surface area (Å²) in [4.78, 5) is 30.8. The SMILES string of the molecule is O=C(CCCc1ccccn1)Nc1ccc(C(=O)N2CCCCC2)c(Cl)c1. The molecule has 1 saturated heterocycles. The van der Waals surface area contributed by atoms with Gasteiger partial charge in [-0.2, -0.15) is 0 Å². The van der Waals surface area contributed by atoms with Gasteiger partial charge < -0.3 is 10.2 Å². The number of likely N-dealkylation sites (tertiary alicyclic amines) is 1. The number of nitrogens with one attached hydrogen (secondary N) is 1. The number of aromatic nitrogens is 1. The molecule has 3 rings (SSSR count). The Balaban J connectivity index is 1.52. The van der Waals surface area contributed by atoms with Crippen LogP contribution in [0.25, 0.3) is 0 Å². The minimum absolute atomic E-state index is 0.0343. The molecule has 1 aromatic heterocycles. The van der Waals surface area contributed by atoms with Gasteiger partial charge in [-0.25, -0.2) is 0 Å². The molecule has 1 aliphatic rings. The highest BCUT2D eigenvalue weighted by molar-refractivity contribution is 6.34. The van der Waals surface area contributed by atoms with Gasteiger partial charge in [-0.1, -0.05) is 17.7 Å². The van der Waals surface area contributed by atoms with Gasteiger partial charge in [0.1, 0.15) is 0 Å². The van der Waals surface area contributed by atoms with Crippen LogP contribution >= 0.6 is 11.6 Å². The molecule has 0 atom stereocenters. The van der Waals surface area contributed by atoms with Crippen LogP contribution in [0.1, 0.15) is 48.2 Å². The lowest BCUT2D eigenvalue weighted by molar-refractivity contribution is -0.116. The number of hydrogen-bond acceptors (Lipinski definition) is 3. The van der Waals surface area contributed by atoms with Crippen LogP contribution in [0.4, 0.5) is 5.69 Å². The zero-order chi connectivity index (χ0) is 19.1. The number of pyridine rings is 1. The molecule has 1 aromatic carbocycles. The molecule has 0 radical (unpaired) electrons. The lowest BCUT2D eigenvalue weighted by Crippen LogP contribution is -2.35. The third-order valence-corrected chi connectivity index (χ3v) is 5.00. The first-order valence-electron chi connectivity index (χ1n) is 9.42. The van der Waals surface area contributed by atoms with Crippen LogP contribution < -0.4 is 5.32 Å². The maximum absolute atomic E-state index is 12.6. The van der Waals surface area contributed by atoms with E-state index < -0.39 is 0 Å². The van der Waals surface area contributed by atoms with E-state index in [4.69, 9.17) is 11.6 Å². The largest absolute Gasteiger partial charge is 0.339 e. The molecule has 1 fully saturated rings. The maximum atomic E-state index is 12.6. The van der Waals surface area contributed by atoms with Gasteiger partial charge >= 0.3 is 0 Å². The van der Waals surface area contributed by atoms with E-state index in [1.54, 1.807) is 24.4 Å². The number of carbonyl (C=O) groups is 2. The molecule has 142 valence electrons. The summed E-state index contributed by atoms with van der Waals surface area (Å²) in [7, 11) is 0. The van der Waals surface area contributed by atoms with E-state index in [9.17, 15) is 9.59 Å². The average molecular weight is 386 g/mol.